The molecule has 0 aliphatic heterocycles. The topological polar surface area (TPSA) is 237 Å². The quantitative estimate of drug-likeness (QED) is 0.0222. The van der Waals surface area contributed by atoms with Crippen LogP contribution in [0.5, 0.6) is 0 Å². The van der Waals surface area contributed by atoms with E-state index in [1.807, 2.05) is 0 Å². The predicted octanol–water partition coefficient (Wildman–Crippen LogP) is 20.9. The van der Waals surface area contributed by atoms with Gasteiger partial charge in [0, 0.05) is 25.7 Å². The van der Waals surface area contributed by atoms with E-state index in [9.17, 15) is 43.2 Å². The number of rotatable bonds is 72. The Hall–Kier alpha value is -1.94. The van der Waals surface area contributed by atoms with Gasteiger partial charge in [-0.2, -0.15) is 0 Å². The average Bonchev–Trinajstić information content (AvgIpc) is 3.70. The number of ether oxygens (including phenoxy) is 4. The van der Waals surface area contributed by atoms with Crippen LogP contribution in [0, 0.1) is 5.92 Å². The Morgan fingerprint density at radius 3 is 0.780 bits per heavy atom. The maximum atomic E-state index is 13.0. The molecular weight excluding hydrogens is 1200 g/mol. The average molecular weight is 1340 g/mol. The molecule has 91 heavy (non-hydrogen) atoms. The summed E-state index contributed by atoms with van der Waals surface area (Å²) in [6.07, 6.45) is 53.0. The van der Waals surface area contributed by atoms with E-state index < -0.39 is 97.5 Å². The summed E-state index contributed by atoms with van der Waals surface area (Å²) in [7, 11) is -9.89. The zero-order valence-electron chi connectivity index (χ0n) is 59.0. The van der Waals surface area contributed by atoms with Gasteiger partial charge in [-0.05, 0) is 31.6 Å². The first-order valence-corrected chi connectivity index (χ1v) is 40.7. The largest absolute Gasteiger partial charge is 0.472 e. The number of esters is 4. The fourth-order valence-corrected chi connectivity index (χ4v) is 12.5. The zero-order chi connectivity index (χ0) is 67.0. The smallest absolute Gasteiger partial charge is 0.462 e. The lowest BCUT2D eigenvalue weighted by Gasteiger charge is -2.21. The van der Waals surface area contributed by atoms with E-state index in [1.54, 1.807) is 0 Å². The van der Waals surface area contributed by atoms with Crippen molar-refractivity contribution < 1.29 is 80.2 Å². The van der Waals surface area contributed by atoms with Crippen molar-refractivity contribution >= 4 is 39.5 Å². The summed E-state index contributed by atoms with van der Waals surface area (Å²) in [4.78, 5) is 72.4. The predicted molar refractivity (Wildman–Crippen MR) is 368 cm³/mol. The van der Waals surface area contributed by atoms with Crippen LogP contribution in [0.3, 0.4) is 0 Å². The maximum absolute atomic E-state index is 13.0. The van der Waals surface area contributed by atoms with E-state index in [0.29, 0.717) is 25.7 Å². The minimum atomic E-state index is -4.95. The van der Waals surface area contributed by atoms with Crippen LogP contribution in [0.25, 0.3) is 0 Å². The van der Waals surface area contributed by atoms with Gasteiger partial charge in [-0.15, -0.1) is 0 Å². The highest BCUT2D eigenvalue weighted by Crippen LogP contribution is 2.45. The Morgan fingerprint density at radius 1 is 0.308 bits per heavy atom. The molecule has 0 aromatic heterocycles. The van der Waals surface area contributed by atoms with E-state index in [2.05, 4.69) is 34.6 Å². The summed E-state index contributed by atoms with van der Waals surface area (Å²) in [5.74, 6) is -1.33. The molecule has 0 saturated heterocycles. The van der Waals surface area contributed by atoms with E-state index in [4.69, 9.17) is 37.0 Å². The maximum Gasteiger partial charge on any atom is 0.472 e. The molecule has 0 aliphatic rings. The lowest BCUT2D eigenvalue weighted by atomic mass is 9.99. The summed E-state index contributed by atoms with van der Waals surface area (Å²) in [5.41, 5.74) is 0. The highest BCUT2D eigenvalue weighted by Gasteiger charge is 2.30. The Labute approximate surface area is 556 Å². The number of phosphoric acid groups is 2. The van der Waals surface area contributed by atoms with Crippen molar-refractivity contribution in [3.63, 3.8) is 0 Å². The van der Waals surface area contributed by atoms with Crippen molar-refractivity contribution in [3.8, 4) is 0 Å². The van der Waals surface area contributed by atoms with Crippen LogP contribution in [0.4, 0.5) is 0 Å². The van der Waals surface area contributed by atoms with Crippen LogP contribution in [-0.2, 0) is 65.4 Å². The number of aliphatic hydroxyl groups is 1. The lowest BCUT2D eigenvalue weighted by Crippen LogP contribution is -2.30. The molecule has 0 fully saturated rings. The number of hydrogen-bond donors (Lipinski definition) is 3. The molecule has 6 atom stereocenters. The first-order chi connectivity index (χ1) is 44.1. The molecule has 19 heteroatoms. The number of aliphatic hydroxyl groups excluding tert-OH is 1. The van der Waals surface area contributed by atoms with Crippen LogP contribution in [0.15, 0.2) is 0 Å². The van der Waals surface area contributed by atoms with Crippen LogP contribution in [0.1, 0.15) is 375 Å². The molecule has 0 amide bonds. The molecule has 0 aromatic carbocycles. The minimum absolute atomic E-state index is 0.106. The molecule has 3 N–H and O–H groups in total. The highest BCUT2D eigenvalue weighted by molar-refractivity contribution is 7.47. The third-order valence-electron chi connectivity index (χ3n) is 17.1. The van der Waals surface area contributed by atoms with Crippen molar-refractivity contribution in [2.75, 3.05) is 39.6 Å². The normalized spacial score (nSPS) is 14.3. The van der Waals surface area contributed by atoms with Crippen LogP contribution in [-0.4, -0.2) is 96.7 Å². The fourth-order valence-electron chi connectivity index (χ4n) is 11.0. The molecule has 540 valence electrons. The summed E-state index contributed by atoms with van der Waals surface area (Å²) in [6, 6.07) is 0. The fraction of sp³-hybridized carbons (Fsp3) is 0.944. The van der Waals surface area contributed by atoms with Gasteiger partial charge < -0.3 is 33.8 Å². The van der Waals surface area contributed by atoms with Gasteiger partial charge in [-0.3, -0.25) is 37.3 Å². The van der Waals surface area contributed by atoms with Gasteiger partial charge >= 0.3 is 39.5 Å². The van der Waals surface area contributed by atoms with Crippen molar-refractivity contribution in [3.05, 3.63) is 0 Å². The standard InChI is InChI=1S/C72H140O17P2/c1-6-10-13-16-18-20-22-24-26-27-29-31-33-38-42-47-52-57-72(77)89-68(62-83-70(75)56-51-46-41-37-32-30-28-25-23-21-19-17-14-11-7-2)64-87-91(80,81)85-60-66(73)59-84-90(78,79)86-63-67(61-82-69(74)55-50-44-15-12-8-3)88-71(76)58-53-48-43-39-35-34-36-40-45-49-54-65(5)9-4/h65-68,73H,6-64H2,1-5H3,(H,78,79)(H,80,81)/t65?,66-,67+,68+/m0/s1. The van der Waals surface area contributed by atoms with Gasteiger partial charge in [0.25, 0.3) is 0 Å². The molecule has 0 spiro atoms. The van der Waals surface area contributed by atoms with Crippen molar-refractivity contribution in [1.82, 2.24) is 0 Å². The molecule has 3 unspecified atom stereocenters. The lowest BCUT2D eigenvalue weighted by molar-refractivity contribution is -0.161. The summed E-state index contributed by atoms with van der Waals surface area (Å²) < 4.78 is 68.2. The molecule has 17 nitrogen and oxygen atoms in total. The Kier molecular flexibility index (Phi) is 64.0. The molecular formula is C72H140O17P2. The van der Waals surface area contributed by atoms with Crippen molar-refractivity contribution in [1.29, 1.82) is 0 Å². The van der Waals surface area contributed by atoms with E-state index >= 15 is 0 Å². The summed E-state index contributed by atoms with van der Waals surface area (Å²) in [5, 5.41) is 10.6. The van der Waals surface area contributed by atoms with Crippen LogP contribution in [0.2, 0.25) is 0 Å². The van der Waals surface area contributed by atoms with Gasteiger partial charge in [0.1, 0.15) is 19.3 Å². The Balaban J connectivity index is 5.16. The van der Waals surface area contributed by atoms with Gasteiger partial charge in [-0.25, -0.2) is 9.13 Å². The molecule has 0 radical (unpaired) electrons. The second-order valence-corrected chi connectivity index (χ2v) is 29.1. The Bertz CT molecular complexity index is 1760. The SMILES string of the molecule is CCCCCCCCCCCCCCCCCCCC(=O)O[C@H](COC(=O)CCCCCCCCCCCCCCCCC)COP(=O)(O)OC[C@@H](O)COP(=O)(O)OC[C@@H](COC(=O)CCCCCCC)OC(=O)CCCCCCCCCCCCC(C)CC. The first kappa shape index (κ1) is 89.1. The zero-order valence-corrected chi connectivity index (χ0v) is 60.8. The summed E-state index contributed by atoms with van der Waals surface area (Å²) >= 11 is 0. The second kappa shape index (κ2) is 65.4. The third-order valence-corrected chi connectivity index (χ3v) is 19.0. The number of phosphoric ester groups is 2. The third kappa shape index (κ3) is 65.1. The first-order valence-electron chi connectivity index (χ1n) is 37.7. The summed E-state index contributed by atoms with van der Waals surface area (Å²) in [6.45, 7) is 7.21. The van der Waals surface area contributed by atoms with E-state index in [-0.39, 0.29) is 25.7 Å². The molecule has 0 rings (SSSR count). The molecule has 0 saturated carbocycles. The van der Waals surface area contributed by atoms with Gasteiger partial charge in [0.2, 0.25) is 0 Å². The van der Waals surface area contributed by atoms with Gasteiger partial charge in [-0.1, -0.05) is 324 Å². The van der Waals surface area contributed by atoms with Crippen LogP contribution >= 0.6 is 15.6 Å². The number of hydrogen-bond acceptors (Lipinski definition) is 15. The number of carbonyl (C=O) groups is 4. The molecule has 0 heterocycles. The van der Waals surface area contributed by atoms with Crippen molar-refractivity contribution in [2.45, 2.75) is 393 Å². The molecule has 0 aliphatic carbocycles. The number of carbonyl (C=O) groups excluding carboxylic acids is 4. The number of unbranched alkanes of at least 4 members (excludes halogenated alkanes) is 43. The molecule has 0 aromatic rings. The highest BCUT2D eigenvalue weighted by atomic mass is 31.2. The second-order valence-electron chi connectivity index (χ2n) is 26.2. The van der Waals surface area contributed by atoms with Crippen LogP contribution < -0.4 is 0 Å². The Morgan fingerprint density at radius 2 is 0.527 bits per heavy atom. The van der Waals surface area contributed by atoms with Gasteiger partial charge in [0.05, 0.1) is 26.4 Å². The van der Waals surface area contributed by atoms with Crippen molar-refractivity contribution in [2.24, 2.45) is 5.92 Å². The van der Waals surface area contributed by atoms with Gasteiger partial charge in [0.15, 0.2) is 12.2 Å². The minimum Gasteiger partial charge on any atom is -0.462 e. The molecule has 0 bridgehead atoms. The van der Waals surface area contributed by atoms with E-state index in [1.165, 1.54) is 193 Å². The van der Waals surface area contributed by atoms with E-state index in [0.717, 1.165) is 102 Å². The monoisotopic (exact) mass is 1340 g/mol.